The summed E-state index contributed by atoms with van der Waals surface area (Å²) in [5, 5.41) is 6.37. The topological polar surface area (TPSA) is 41.1 Å². The first-order valence-corrected chi connectivity index (χ1v) is 7.91. The Morgan fingerprint density at radius 3 is 2.86 bits per heavy atom. The summed E-state index contributed by atoms with van der Waals surface area (Å²) in [7, 11) is 0. The largest absolute Gasteiger partial charge is 0.355 e. The maximum Gasteiger partial charge on any atom is 0.220 e. The van der Waals surface area contributed by atoms with Crippen molar-refractivity contribution in [2.24, 2.45) is 5.92 Å². The van der Waals surface area contributed by atoms with Gasteiger partial charge in [-0.1, -0.05) is 12.1 Å². The van der Waals surface area contributed by atoms with Gasteiger partial charge in [-0.2, -0.15) is 0 Å². The summed E-state index contributed by atoms with van der Waals surface area (Å²) in [6.45, 7) is 2.76. The van der Waals surface area contributed by atoms with Gasteiger partial charge in [-0.3, -0.25) is 4.79 Å². The Bertz CT molecular complexity index is 513. The van der Waals surface area contributed by atoms with Crippen molar-refractivity contribution < 1.29 is 9.18 Å². The third-order valence-corrected chi connectivity index (χ3v) is 4.86. The van der Waals surface area contributed by atoms with E-state index in [1.54, 1.807) is 12.1 Å². The zero-order valence-corrected chi connectivity index (χ0v) is 13.6. The van der Waals surface area contributed by atoms with Crippen LogP contribution in [0.3, 0.4) is 0 Å². The molecule has 3 nitrogen and oxygen atoms in total. The minimum atomic E-state index is -0.196. The fourth-order valence-corrected chi connectivity index (χ4v) is 3.19. The van der Waals surface area contributed by atoms with E-state index in [-0.39, 0.29) is 29.5 Å². The van der Waals surface area contributed by atoms with E-state index in [4.69, 9.17) is 0 Å². The van der Waals surface area contributed by atoms with Gasteiger partial charge < -0.3 is 10.6 Å². The molecule has 2 fully saturated rings. The molecule has 122 valence electrons. The molecule has 1 aromatic rings. The first kappa shape index (κ1) is 17.2. The summed E-state index contributed by atoms with van der Waals surface area (Å²) in [5.41, 5.74) is 0.995. The van der Waals surface area contributed by atoms with Gasteiger partial charge in [0.25, 0.3) is 0 Å². The van der Waals surface area contributed by atoms with E-state index >= 15 is 0 Å². The van der Waals surface area contributed by atoms with Crippen molar-refractivity contribution in [2.45, 2.75) is 37.5 Å². The lowest BCUT2D eigenvalue weighted by Gasteiger charge is -2.17. The molecule has 2 aliphatic rings. The average molecular weight is 327 g/mol. The van der Waals surface area contributed by atoms with Gasteiger partial charge >= 0.3 is 0 Å². The molecule has 3 rings (SSSR count). The maximum atomic E-state index is 13.3. The first-order chi connectivity index (χ1) is 10.2. The Kier molecular flexibility index (Phi) is 5.81. The van der Waals surface area contributed by atoms with Gasteiger partial charge in [-0.15, -0.1) is 12.4 Å². The second kappa shape index (κ2) is 7.42. The number of amides is 1. The summed E-state index contributed by atoms with van der Waals surface area (Å²) in [4.78, 5) is 12.0. The Labute approximate surface area is 137 Å². The van der Waals surface area contributed by atoms with Crippen molar-refractivity contribution in [3.8, 4) is 0 Å². The number of carbonyl (C=O) groups excluding carboxylic acids is 1. The van der Waals surface area contributed by atoms with Gasteiger partial charge in [0.15, 0.2) is 0 Å². The van der Waals surface area contributed by atoms with Gasteiger partial charge in [0, 0.05) is 18.4 Å². The van der Waals surface area contributed by atoms with Crippen molar-refractivity contribution >= 4 is 18.3 Å². The highest BCUT2D eigenvalue weighted by atomic mass is 35.5. The lowest BCUT2D eigenvalue weighted by atomic mass is 9.95. The van der Waals surface area contributed by atoms with E-state index < -0.39 is 0 Å². The van der Waals surface area contributed by atoms with Crippen molar-refractivity contribution in [2.75, 3.05) is 19.6 Å². The van der Waals surface area contributed by atoms with Crippen LogP contribution in [0.1, 0.15) is 37.7 Å². The van der Waals surface area contributed by atoms with Crippen molar-refractivity contribution in [3.05, 3.63) is 35.6 Å². The smallest absolute Gasteiger partial charge is 0.220 e. The van der Waals surface area contributed by atoms with Crippen LogP contribution < -0.4 is 10.6 Å². The summed E-state index contributed by atoms with van der Waals surface area (Å²) < 4.78 is 13.3. The number of carbonyl (C=O) groups is 1. The molecule has 0 spiro atoms. The van der Waals surface area contributed by atoms with Crippen LogP contribution in [-0.2, 0) is 10.2 Å². The minimum Gasteiger partial charge on any atom is -0.355 e. The molecular formula is C17H24ClFN2O. The van der Waals surface area contributed by atoms with Crippen LogP contribution in [0.5, 0.6) is 0 Å². The van der Waals surface area contributed by atoms with Gasteiger partial charge in [-0.05, 0) is 62.4 Å². The summed E-state index contributed by atoms with van der Waals surface area (Å²) in [6, 6.07) is 6.78. The third kappa shape index (κ3) is 4.20. The van der Waals surface area contributed by atoms with E-state index in [1.165, 1.54) is 12.5 Å². The molecule has 1 atom stereocenters. The molecular weight excluding hydrogens is 303 g/mol. The first-order valence-electron chi connectivity index (χ1n) is 7.91. The van der Waals surface area contributed by atoms with E-state index in [0.29, 0.717) is 18.9 Å². The molecule has 2 N–H and O–H groups in total. The monoisotopic (exact) mass is 326 g/mol. The Morgan fingerprint density at radius 2 is 2.23 bits per heavy atom. The van der Waals surface area contributed by atoms with Crippen LogP contribution in [0.15, 0.2) is 24.3 Å². The number of hydrogen-bond acceptors (Lipinski definition) is 2. The molecule has 1 aliphatic carbocycles. The fraction of sp³-hybridized carbons (Fsp3) is 0.588. The van der Waals surface area contributed by atoms with Crippen LogP contribution in [0.4, 0.5) is 4.39 Å². The summed E-state index contributed by atoms with van der Waals surface area (Å²) in [5.74, 6) is 0.581. The summed E-state index contributed by atoms with van der Waals surface area (Å²) >= 11 is 0. The normalized spacial score (nSPS) is 22.0. The third-order valence-electron chi connectivity index (χ3n) is 4.86. The SMILES string of the molecule is Cl.O=C(CCC1CCNC1)NCC1(c2cccc(F)c2)CC1. The number of hydrogen-bond donors (Lipinski definition) is 2. The standard InChI is InChI=1S/C17H23FN2O.ClH/c18-15-3-1-2-14(10-15)17(7-8-17)12-20-16(21)5-4-13-6-9-19-11-13;/h1-3,10,13,19H,4-9,11-12H2,(H,20,21);1H. The molecule has 0 aromatic heterocycles. The molecule has 0 radical (unpaired) electrons. The molecule has 1 aromatic carbocycles. The molecule has 1 saturated carbocycles. The van der Waals surface area contributed by atoms with E-state index in [0.717, 1.165) is 37.9 Å². The Balaban J connectivity index is 0.00000176. The van der Waals surface area contributed by atoms with Gasteiger partial charge in [0.05, 0.1) is 0 Å². The highest BCUT2D eigenvalue weighted by Crippen LogP contribution is 2.47. The highest BCUT2D eigenvalue weighted by molar-refractivity contribution is 5.85. The number of halogens is 2. The lowest BCUT2D eigenvalue weighted by Crippen LogP contribution is -2.32. The van der Waals surface area contributed by atoms with E-state index in [2.05, 4.69) is 10.6 Å². The predicted octanol–water partition coefficient (Wildman–Crippen LogP) is 2.79. The second-order valence-electron chi connectivity index (χ2n) is 6.46. The van der Waals surface area contributed by atoms with Gasteiger partial charge in [0.2, 0.25) is 5.91 Å². The van der Waals surface area contributed by atoms with Crippen LogP contribution >= 0.6 is 12.4 Å². The zero-order chi connectivity index (χ0) is 14.7. The Morgan fingerprint density at radius 1 is 1.41 bits per heavy atom. The van der Waals surface area contributed by atoms with E-state index in [1.807, 2.05) is 6.07 Å². The van der Waals surface area contributed by atoms with Crippen LogP contribution in [-0.4, -0.2) is 25.5 Å². The number of benzene rings is 1. The van der Waals surface area contributed by atoms with Crippen molar-refractivity contribution in [1.82, 2.24) is 10.6 Å². The van der Waals surface area contributed by atoms with Gasteiger partial charge in [-0.25, -0.2) is 4.39 Å². The molecule has 1 saturated heterocycles. The number of rotatable bonds is 6. The zero-order valence-electron chi connectivity index (χ0n) is 12.7. The van der Waals surface area contributed by atoms with Gasteiger partial charge in [0.1, 0.15) is 5.82 Å². The Hall–Kier alpha value is -1.13. The minimum absolute atomic E-state index is 0. The number of nitrogens with one attached hydrogen (secondary N) is 2. The van der Waals surface area contributed by atoms with Crippen LogP contribution in [0.2, 0.25) is 0 Å². The molecule has 5 heteroatoms. The maximum absolute atomic E-state index is 13.3. The van der Waals surface area contributed by atoms with Crippen LogP contribution in [0, 0.1) is 11.7 Å². The highest BCUT2D eigenvalue weighted by Gasteiger charge is 2.44. The molecule has 1 aliphatic heterocycles. The van der Waals surface area contributed by atoms with Crippen molar-refractivity contribution in [3.63, 3.8) is 0 Å². The van der Waals surface area contributed by atoms with Crippen molar-refractivity contribution in [1.29, 1.82) is 0 Å². The lowest BCUT2D eigenvalue weighted by molar-refractivity contribution is -0.121. The molecule has 22 heavy (non-hydrogen) atoms. The fourth-order valence-electron chi connectivity index (χ4n) is 3.19. The molecule has 0 bridgehead atoms. The molecule has 1 amide bonds. The summed E-state index contributed by atoms with van der Waals surface area (Å²) in [6.07, 6.45) is 4.81. The quantitative estimate of drug-likeness (QED) is 0.844. The molecule has 1 unspecified atom stereocenters. The molecule has 1 heterocycles. The average Bonchev–Trinajstić information content (AvgIpc) is 3.10. The predicted molar refractivity (Wildman–Crippen MR) is 87.8 cm³/mol. The van der Waals surface area contributed by atoms with Crippen LogP contribution in [0.25, 0.3) is 0 Å². The van der Waals surface area contributed by atoms with E-state index in [9.17, 15) is 9.18 Å². The second-order valence-corrected chi connectivity index (χ2v) is 6.46.